The Bertz CT molecular complexity index is 1210. The SMILES string of the molecule is CC[C@@H](NC(=O)CN(c1ccc(Oc2ccccc2)cc1)S(C)(=O)=O)c1ccc(OC)c(C)c1. The van der Waals surface area contributed by atoms with Crippen LogP contribution in [0.25, 0.3) is 0 Å². The molecule has 0 unspecified atom stereocenters. The molecule has 0 fully saturated rings. The molecular weight excluding hydrogens is 452 g/mol. The van der Waals surface area contributed by atoms with E-state index in [2.05, 4.69) is 5.32 Å². The van der Waals surface area contributed by atoms with Gasteiger partial charge in [-0.15, -0.1) is 0 Å². The number of hydrogen-bond donors (Lipinski definition) is 1. The first-order valence-corrected chi connectivity index (χ1v) is 12.8. The van der Waals surface area contributed by atoms with Crippen molar-refractivity contribution in [1.29, 1.82) is 0 Å². The molecular formula is C26H30N2O5S. The summed E-state index contributed by atoms with van der Waals surface area (Å²) in [5.74, 6) is 1.62. The van der Waals surface area contributed by atoms with E-state index in [0.29, 0.717) is 23.6 Å². The van der Waals surface area contributed by atoms with Gasteiger partial charge in [-0.05, 0) is 66.9 Å². The lowest BCUT2D eigenvalue weighted by Gasteiger charge is -2.24. The summed E-state index contributed by atoms with van der Waals surface area (Å²) in [6.45, 7) is 3.57. The van der Waals surface area contributed by atoms with Crippen molar-refractivity contribution in [3.05, 3.63) is 83.9 Å². The molecule has 0 bridgehead atoms. The molecule has 8 heteroatoms. The Balaban J connectivity index is 1.73. The van der Waals surface area contributed by atoms with Crippen molar-refractivity contribution in [2.75, 3.05) is 24.2 Å². The molecule has 1 N–H and O–H groups in total. The summed E-state index contributed by atoms with van der Waals surface area (Å²) in [6, 6.07) is 21.4. The highest BCUT2D eigenvalue weighted by Gasteiger charge is 2.23. The van der Waals surface area contributed by atoms with Gasteiger partial charge >= 0.3 is 0 Å². The van der Waals surface area contributed by atoms with Crippen LogP contribution in [-0.2, 0) is 14.8 Å². The van der Waals surface area contributed by atoms with Crippen molar-refractivity contribution in [1.82, 2.24) is 5.32 Å². The van der Waals surface area contributed by atoms with Crippen LogP contribution in [0.4, 0.5) is 5.69 Å². The number of nitrogens with zero attached hydrogens (tertiary/aromatic N) is 1. The number of ether oxygens (including phenoxy) is 2. The van der Waals surface area contributed by atoms with Gasteiger partial charge in [0, 0.05) is 0 Å². The first-order chi connectivity index (χ1) is 16.2. The Morgan fingerprint density at radius 2 is 1.65 bits per heavy atom. The largest absolute Gasteiger partial charge is 0.496 e. The Hall–Kier alpha value is -3.52. The van der Waals surface area contributed by atoms with E-state index in [-0.39, 0.29) is 12.6 Å². The Kier molecular flexibility index (Phi) is 8.17. The van der Waals surface area contributed by atoms with Crippen LogP contribution in [0.5, 0.6) is 17.2 Å². The van der Waals surface area contributed by atoms with E-state index < -0.39 is 15.9 Å². The smallest absolute Gasteiger partial charge is 0.241 e. The van der Waals surface area contributed by atoms with Gasteiger partial charge in [-0.3, -0.25) is 9.10 Å². The maximum atomic E-state index is 12.9. The zero-order valence-electron chi connectivity index (χ0n) is 19.8. The molecule has 1 amide bonds. The maximum absolute atomic E-state index is 12.9. The first-order valence-electron chi connectivity index (χ1n) is 11.0. The van der Waals surface area contributed by atoms with Gasteiger partial charge in [0.15, 0.2) is 0 Å². The summed E-state index contributed by atoms with van der Waals surface area (Å²) in [5, 5.41) is 2.95. The molecule has 0 aromatic heterocycles. The minimum absolute atomic E-state index is 0.250. The van der Waals surface area contributed by atoms with Crippen LogP contribution in [0.15, 0.2) is 72.8 Å². The predicted octanol–water partition coefficient (Wildman–Crippen LogP) is 4.83. The lowest BCUT2D eigenvalue weighted by atomic mass is 10.0. The number of rotatable bonds is 10. The molecule has 0 aliphatic rings. The summed E-state index contributed by atoms with van der Waals surface area (Å²) < 4.78 is 37.1. The summed E-state index contributed by atoms with van der Waals surface area (Å²) in [4.78, 5) is 12.9. The van der Waals surface area contributed by atoms with Crippen molar-refractivity contribution < 1.29 is 22.7 Å². The maximum Gasteiger partial charge on any atom is 0.241 e. The van der Waals surface area contributed by atoms with Gasteiger partial charge in [0.1, 0.15) is 23.8 Å². The molecule has 34 heavy (non-hydrogen) atoms. The number of aryl methyl sites for hydroxylation is 1. The number of anilines is 1. The van der Waals surface area contributed by atoms with Crippen molar-refractivity contribution in [2.24, 2.45) is 0 Å². The van der Waals surface area contributed by atoms with E-state index in [1.165, 1.54) is 0 Å². The van der Waals surface area contributed by atoms with Crippen LogP contribution in [-0.4, -0.2) is 34.2 Å². The topological polar surface area (TPSA) is 84.9 Å². The van der Waals surface area contributed by atoms with Gasteiger partial charge < -0.3 is 14.8 Å². The molecule has 0 radical (unpaired) electrons. The number of hydrogen-bond acceptors (Lipinski definition) is 5. The minimum atomic E-state index is -3.69. The molecule has 180 valence electrons. The van der Waals surface area contributed by atoms with Crippen molar-refractivity contribution in [3.63, 3.8) is 0 Å². The van der Waals surface area contributed by atoms with E-state index >= 15 is 0 Å². The molecule has 0 spiro atoms. The fourth-order valence-corrected chi connectivity index (χ4v) is 4.47. The number of benzene rings is 3. The standard InChI is InChI=1S/C26H30N2O5S/c1-5-24(20-11-16-25(32-3)19(2)17-20)27-26(29)18-28(34(4,30)31)21-12-14-23(15-13-21)33-22-9-7-6-8-10-22/h6-17,24H,5,18H2,1-4H3,(H,27,29)/t24-/m1/s1. The number of para-hydroxylation sites is 1. The van der Waals surface area contributed by atoms with Gasteiger partial charge in [0.2, 0.25) is 15.9 Å². The number of amides is 1. The predicted molar refractivity (Wildman–Crippen MR) is 134 cm³/mol. The monoisotopic (exact) mass is 482 g/mol. The van der Waals surface area contributed by atoms with E-state index in [4.69, 9.17) is 9.47 Å². The number of methoxy groups -OCH3 is 1. The van der Waals surface area contributed by atoms with Crippen LogP contribution in [0.1, 0.15) is 30.5 Å². The normalized spacial score (nSPS) is 12.0. The average Bonchev–Trinajstić information content (AvgIpc) is 2.81. The van der Waals surface area contributed by atoms with Crippen LogP contribution in [0.3, 0.4) is 0 Å². The molecule has 0 heterocycles. The first kappa shape index (κ1) is 25.1. The van der Waals surface area contributed by atoms with E-state index in [1.807, 2.05) is 62.4 Å². The van der Waals surface area contributed by atoms with Crippen molar-refractivity contribution in [2.45, 2.75) is 26.3 Å². The number of sulfonamides is 1. The summed E-state index contributed by atoms with van der Waals surface area (Å²) in [6.07, 6.45) is 1.74. The van der Waals surface area contributed by atoms with Gasteiger partial charge in [-0.1, -0.05) is 37.3 Å². The molecule has 3 aromatic carbocycles. The number of carbonyl (C=O) groups is 1. The van der Waals surface area contributed by atoms with Crippen molar-refractivity contribution in [3.8, 4) is 17.2 Å². The van der Waals surface area contributed by atoms with E-state index in [1.54, 1.807) is 31.4 Å². The van der Waals surface area contributed by atoms with Crippen LogP contribution >= 0.6 is 0 Å². The highest BCUT2D eigenvalue weighted by molar-refractivity contribution is 7.92. The number of nitrogens with one attached hydrogen (secondary N) is 1. The molecule has 0 saturated heterocycles. The highest BCUT2D eigenvalue weighted by atomic mass is 32.2. The molecule has 0 aliphatic carbocycles. The van der Waals surface area contributed by atoms with E-state index in [0.717, 1.165) is 27.4 Å². The van der Waals surface area contributed by atoms with Crippen LogP contribution in [0.2, 0.25) is 0 Å². The zero-order valence-corrected chi connectivity index (χ0v) is 20.6. The fraction of sp³-hybridized carbons (Fsp3) is 0.269. The number of carbonyl (C=O) groups excluding carboxylic acids is 1. The van der Waals surface area contributed by atoms with Gasteiger partial charge in [0.25, 0.3) is 0 Å². The second kappa shape index (κ2) is 11.1. The molecule has 1 atom stereocenters. The molecule has 0 saturated carbocycles. The third-order valence-corrected chi connectivity index (χ3v) is 6.50. The Morgan fingerprint density at radius 3 is 2.21 bits per heavy atom. The third-order valence-electron chi connectivity index (χ3n) is 5.36. The summed E-state index contributed by atoms with van der Waals surface area (Å²) in [5.41, 5.74) is 2.28. The lowest BCUT2D eigenvalue weighted by Crippen LogP contribution is -2.41. The molecule has 3 rings (SSSR count). The Labute approximate surface area is 201 Å². The molecule has 0 aliphatic heterocycles. The quantitative estimate of drug-likeness (QED) is 0.447. The van der Waals surface area contributed by atoms with Gasteiger partial charge in [0.05, 0.1) is 25.1 Å². The second-order valence-electron chi connectivity index (χ2n) is 7.94. The highest BCUT2D eigenvalue weighted by Crippen LogP contribution is 2.26. The fourth-order valence-electron chi connectivity index (χ4n) is 3.61. The molecule has 7 nitrogen and oxygen atoms in total. The minimum Gasteiger partial charge on any atom is -0.496 e. The average molecular weight is 483 g/mol. The van der Waals surface area contributed by atoms with Crippen LogP contribution in [0, 0.1) is 6.92 Å². The lowest BCUT2D eigenvalue weighted by molar-refractivity contribution is -0.120. The zero-order chi connectivity index (χ0) is 24.7. The van der Waals surface area contributed by atoms with Gasteiger partial charge in [-0.25, -0.2) is 8.42 Å². The third kappa shape index (κ3) is 6.51. The van der Waals surface area contributed by atoms with Crippen LogP contribution < -0.4 is 19.1 Å². The van der Waals surface area contributed by atoms with Gasteiger partial charge in [-0.2, -0.15) is 0 Å². The summed E-state index contributed by atoms with van der Waals surface area (Å²) >= 11 is 0. The Morgan fingerprint density at radius 1 is 1.00 bits per heavy atom. The van der Waals surface area contributed by atoms with Crippen molar-refractivity contribution >= 4 is 21.6 Å². The van der Waals surface area contributed by atoms with E-state index in [9.17, 15) is 13.2 Å². The second-order valence-corrected chi connectivity index (χ2v) is 9.84. The summed E-state index contributed by atoms with van der Waals surface area (Å²) in [7, 11) is -2.08. The molecule has 3 aromatic rings.